The van der Waals surface area contributed by atoms with Crippen LogP contribution in [-0.2, 0) is 9.59 Å². The predicted molar refractivity (Wildman–Crippen MR) is 78.1 cm³/mol. The number of hydrogen-bond donors (Lipinski definition) is 1. The highest BCUT2D eigenvalue weighted by Gasteiger charge is 2.35. The van der Waals surface area contributed by atoms with Gasteiger partial charge in [-0.25, -0.2) is 0 Å². The van der Waals surface area contributed by atoms with Gasteiger partial charge in [0, 0.05) is 33.1 Å². The molecule has 1 aliphatic heterocycles. The van der Waals surface area contributed by atoms with Crippen molar-refractivity contribution in [2.24, 2.45) is 17.1 Å². The Morgan fingerprint density at radius 1 is 1.53 bits per heavy atom. The summed E-state index contributed by atoms with van der Waals surface area (Å²) < 4.78 is 0. The molecule has 0 saturated carbocycles. The summed E-state index contributed by atoms with van der Waals surface area (Å²) in [5, 5.41) is 0. The lowest BCUT2D eigenvalue weighted by Gasteiger charge is -2.30. The Labute approximate surface area is 121 Å². The smallest absolute Gasteiger partial charge is 0.227 e. The van der Waals surface area contributed by atoms with Gasteiger partial charge in [-0.2, -0.15) is 0 Å². The molecule has 2 amide bonds. The first-order valence-corrected chi connectivity index (χ1v) is 6.53. The number of carbonyl (C=O) groups excluding carboxylic acids is 2. The number of halogens is 1. The number of carbonyl (C=O) groups is 2. The fourth-order valence-corrected chi connectivity index (χ4v) is 2.34. The number of nitrogens with zero attached hydrogens (tertiary/aromatic N) is 2. The topological polar surface area (TPSA) is 66.6 Å². The van der Waals surface area contributed by atoms with Gasteiger partial charge >= 0.3 is 0 Å². The van der Waals surface area contributed by atoms with Crippen LogP contribution in [0.25, 0.3) is 0 Å². The van der Waals surface area contributed by atoms with Crippen LogP contribution in [0.4, 0.5) is 0 Å². The van der Waals surface area contributed by atoms with Crippen molar-refractivity contribution in [3.05, 3.63) is 0 Å². The first-order valence-electron chi connectivity index (χ1n) is 6.53. The average molecular weight is 292 g/mol. The van der Waals surface area contributed by atoms with Gasteiger partial charge in [-0.1, -0.05) is 13.8 Å². The molecule has 19 heavy (non-hydrogen) atoms. The fraction of sp³-hybridized carbons (Fsp3) is 0.846. The van der Waals surface area contributed by atoms with Crippen molar-refractivity contribution in [1.29, 1.82) is 0 Å². The van der Waals surface area contributed by atoms with Crippen molar-refractivity contribution in [2.45, 2.75) is 27.2 Å². The van der Waals surface area contributed by atoms with Gasteiger partial charge < -0.3 is 15.5 Å². The first kappa shape index (κ1) is 18.2. The van der Waals surface area contributed by atoms with Gasteiger partial charge in [0.15, 0.2) is 0 Å². The van der Waals surface area contributed by atoms with Crippen molar-refractivity contribution in [2.75, 3.05) is 33.2 Å². The molecule has 1 fully saturated rings. The molecule has 1 atom stereocenters. The molecule has 5 nitrogen and oxygen atoms in total. The third-order valence-electron chi connectivity index (χ3n) is 3.54. The molecule has 112 valence electrons. The summed E-state index contributed by atoms with van der Waals surface area (Å²) in [7, 11) is 1.79. The fourth-order valence-electron chi connectivity index (χ4n) is 2.34. The summed E-state index contributed by atoms with van der Waals surface area (Å²) >= 11 is 0. The maximum Gasteiger partial charge on any atom is 0.227 e. The van der Waals surface area contributed by atoms with E-state index in [2.05, 4.69) is 0 Å². The molecule has 6 heteroatoms. The number of likely N-dealkylation sites (tertiary alicyclic amines) is 1. The summed E-state index contributed by atoms with van der Waals surface area (Å²) in [5.74, 6) is -0.0424. The molecular formula is C13H26ClN3O2. The molecular weight excluding hydrogens is 266 g/mol. The third kappa shape index (κ3) is 4.66. The lowest BCUT2D eigenvalue weighted by atomic mass is 9.92. The van der Waals surface area contributed by atoms with Crippen molar-refractivity contribution in [1.82, 2.24) is 9.80 Å². The van der Waals surface area contributed by atoms with Crippen LogP contribution in [0.2, 0.25) is 0 Å². The molecule has 0 aliphatic carbocycles. The molecule has 0 bridgehead atoms. The minimum atomic E-state index is -0.184. The minimum Gasteiger partial charge on any atom is -0.345 e. The summed E-state index contributed by atoms with van der Waals surface area (Å²) in [6, 6.07) is 0. The molecule has 1 unspecified atom stereocenters. The predicted octanol–water partition coefficient (Wildman–Crippen LogP) is 0.720. The highest BCUT2D eigenvalue weighted by atomic mass is 35.5. The van der Waals surface area contributed by atoms with E-state index in [0.717, 1.165) is 0 Å². The Morgan fingerprint density at radius 2 is 2.11 bits per heavy atom. The van der Waals surface area contributed by atoms with Crippen LogP contribution in [0.1, 0.15) is 27.2 Å². The molecule has 1 aliphatic rings. The molecule has 0 aromatic carbocycles. The van der Waals surface area contributed by atoms with Gasteiger partial charge in [0.2, 0.25) is 11.8 Å². The second kappa shape index (κ2) is 7.10. The van der Waals surface area contributed by atoms with E-state index in [9.17, 15) is 9.59 Å². The minimum absolute atomic E-state index is 0. The van der Waals surface area contributed by atoms with Crippen molar-refractivity contribution in [3.63, 3.8) is 0 Å². The zero-order valence-electron chi connectivity index (χ0n) is 12.3. The molecule has 0 aromatic rings. The molecule has 0 aromatic heterocycles. The highest BCUT2D eigenvalue weighted by Crippen LogP contribution is 2.21. The highest BCUT2D eigenvalue weighted by molar-refractivity contribution is 5.89. The lowest BCUT2D eigenvalue weighted by molar-refractivity contribution is -0.135. The first-order chi connectivity index (χ1) is 8.30. The van der Waals surface area contributed by atoms with Crippen LogP contribution in [0.15, 0.2) is 0 Å². The third-order valence-corrected chi connectivity index (χ3v) is 3.54. The number of rotatable bonds is 5. The van der Waals surface area contributed by atoms with Crippen LogP contribution in [0, 0.1) is 11.3 Å². The molecule has 1 rings (SSSR count). The van der Waals surface area contributed by atoms with Crippen molar-refractivity contribution >= 4 is 24.2 Å². The van der Waals surface area contributed by atoms with E-state index in [1.54, 1.807) is 16.8 Å². The van der Waals surface area contributed by atoms with Crippen LogP contribution in [-0.4, -0.2) is 54.8 Å². The summed E-state index contributed by atoms with van der Waals surface area (Å²) in [5.41, 5.74) is 5.59. The second-order valence-electron chi connectivity index (χ2n) is 5.90. The van der Waals surface area contributed by atoms with Gasteiger partial charge in [-0.3, -0.25) is 9.59 Å². The lowest BCUT2D eigenvalue weighted by Crippen LogP contribution is -2.42. The van der Waals surface area contributed by atoms with E-state index in [1.165, 1.54) is 0 Å². The van der Waals surface area contributed by atoms with Gasteiger partial charge in [0.1, 0.15) is 0 Å². The number of amides is 2. The summed E-state index contributed by atoms with van der Waals surface area (Å²) in [4.78, 5) is 27.3. The summed E-state index contributed by atoms with van der Waals surface area (Å²) in [6.45, 7) is 8.41. The molecule has 1 heterocycles. The number of hydrogen-bond acceptors (Lipinski definition) is 3. The van der Waals surface area contributed by atoms with E-state index in [1.807, 2.05) is 20.8 Å². The summed E-state index contributed by atoms with van der Waals surface area (Å²) in [6.07, 6.45) is 0.347. The Balaban J connectivity index is 0.00000324. The maximum absolute atomic E-state index is 12.3. The zero-order chi connectivity index (χ0) is 13.9. The van der Waals surface area contributed by atoms with Gasteiger partial charge in [0.05, 0.1) is 5.92 Å². The van der Waals surface area contributed by atoms with Crippen LogP contribution >= 0.6 is 12.4 Å². The van der Waals surface area contributed by atoms with E-state index < -0.39 is 0 Å². The quantitative estimate of drug-likeness (QED) is 0.812. The molecule has 0 radical (unpaired) electrons. The molecule has 2 N–H and O–H groups in total. The van der Waals surface area contributed by atoms with E-state index in [4.69, 9.17) is 5.73 Å². The largest absolute Gasteiger partial charge is 0.345 e. The van der Waals surface area contributed by atoms with E-state index >= 15 is 0 Å². The van der Waals surface area contributed by atoms with Crippen molar-refractivity contribution < 1.29 is 9.59 Å². The molecule has 1 saturated heterocycles. The zero-order valence-corrected chi connectivity index (χ0v) is 13.1. The molecule has 0 spiro atoms. The standard InChI is InChI=1S/C13H25N3O2.ClH/c1-5-16-7-10(6-11(16)17)12(18)15(4)9-13(2,3)8-14;/h10H,5-9,14H2,1-4H3;1H. The van der Waals surface area contributed by atoms with Gasteiger partial charge in [0.25, 0.3) is 0 Å². The van der Waals surface area contributed by atoms with Crippen LogP contribution in [0.5, 0.6) is 0 Å². The normalized spacial score (nSPS) is 19.3. The van der Waals surface area contributed by atoms with Gasteiger partial charge in [-0.15, -0.1) is 12.4 Å². The van der Waals surface area contributed by atoms with Crippen LogP contribution < -0.4 is 5.73 Å². The monoisotopic (exact) mass is 291 g/mol. The van der Waals surface area contributed by atoms with Crippen molar-refractivity contribution in [3.8, 4) is 0 Å². The van der Waals surface area contributed by atoms with Gasteiger partial charge in [-0.05, 0) is 18.9 Å². The Bertz CT molecular complexity index is 334. The van der Waals surface area contributed by atoms with E-state index in [-0.39, 0.29) is 35.6 Å². The van der Waals surface area contributed by atoms with Crippen LogP contribution in [0.3, 0.4) is 0 Å². The SMILES string of the molecule is CCN1CC(C(=O)N(C)CC(C)(C)CN)CC1=O.Cl. The average Bonchev–Trinajstić information content (AvgIpc) is 2.69. The number of nitrogens with two attached hydrogens (primary N) is 1. The maximum atomic E-state index is 12.3. The van der Waals surface area contributed by atoms with E-state index in [0.29, 0.717) is 32.6 Å². The Kier molecular flexibility index (Phi) is 6.80. The Morgan fingerprint density at radius 3 is 2.53 bits per heavy atom. The second-order valence-corrected chi connectivity index (χ2v) is 5.90. The Hall–Kier alpha value is -0.810.